The van der Waals surface area contributed by atoms with Crippen molar-refractivity contribution in [2.75, 3.05) is 25.6 Å². The molecule has 0 saturated heterocycles. The first kappa shape index (κ1) is 13.9. The number of nitrogens with one attached hydrogen (secondary N) is 1. The van der Waals surface area contributed by atoms with Gasteiger partial charge in [-0.2, -0.15) is 0 Å². The second-order valence-corrected chi connectivity index (χ2v) is 3.66. The first-order chi connectivity index (χ1) is 8.21. The summed E-state index contributed by atoms with van der Waals surface area (Å²) in [6.45, 7) is 7.89. The van der Waals surface area contributed by atoms with Gasteiger partial charge in [-0.1, -0.05) is 0 Å². The summed E-state index contributed by atoms with van der Waals surface area (Å²) in [7, 11) is 1.65. The molecule has 96 valence electrons. The average molecular weight is 239 g/mol. The molecule has 1 unspecified atom stereocenters. The second-order valence-electron chi connectivity index (χ2n) is 3.66. The number of rotatable bonds is 7. The summed E-state index contributed by atoms with van der Waals surface area (Å²) in [5.41, 5.74) is 0.861. The normalized spacial score (nSPS) is 12.5. The number of nitrogens with zero attached hydrogens (tertiary/aromatic N) is 2. The van der Waals surface area contributed by atoms with E-state index in [4.69, 9.17) is 9.47 Å². The maximum Gasteiger partial charge on any atom is 0.159 e. The molecule has 1 atom stereocenters. The molecule has 0 aliphatic carbocycles. The molecule has 0 aromatic carbocycles. The second kappa shape index (κ2) is 7.19. The highest BCUT2D eigenvalue weighted by molar-refractivity contribution is 5.36. The minimum atomic E-state index is -0.103. The number of aromatic nitrogens is 2. The van der Waals surface area contributed by atoms with Gasteiger partial charge in [-0.15, -0.1) is 0 Å². The zero-order chi connectivity index (χ0) is 12.7. The number of ether oxygens (including phenoxy) is 2. The third kappa shape index (κ3) is 4.28. The van der Waals surface area contributed by atoms with Gasteiger partial charge in [0.25, 0.3) is 0 Å². The quantitative estimate of drug-likeness (QED) is 0.790. The van der Waals surface area contributed by atoms with Gasteiger partial charge in [0.1, 0.15) is 11.9 Å². The molecule has 0 saturated carbocycles. The Bertz CT molecular complexity index is 320. The van der Waals surface area contributed by atoms with Crippen molar-refractivity contribution in [1.29, 1.82) is 0 Å². The Hall–Kier alpha value is -1.20. The fraction of sp³-hybridized carbons (Fsp3) is 0.667. The summed E-state index contributed by atoms with van der Waals surface area (Å²) < 4.78 is 10.6. The van der Waals surface area contributed by atoms with Crippen LogP contribution in [0.4, 0.5) is 5.82 Å². The monoisotopic (exact) mass is 239 g/mol. The Morgan fingerprint density at radius 1 is 1.35 bits per heavy atom. The van der Waals surface area contributed by atoms with Crippen LogP contribution in [0.15, 0.2) is 6.07 Å². The maximum atomic E-state index is 5.50. The topological polar surface area (TPSA) is 56.3 Å². The number of anilines is 1. The SMILES string of the molecule is CCNc1cc(COC)nc(C(C)OCC)n1. The van der Waals surface area contributed by atoms with Gasteiger partial charge >= 0.3 is 0 Å². The van der Waals surface area contributed by atoms with E-state index in [0.29, 0.717) is 19.0 Å². The summed E-state index contributed by atoms with van der Waals surface area (Å²) >= 11 is 0. The lowest BCUT2D eigenvalue weighted by Crippen LogP contribution is -2.10. The zero-order valence-corrected chi connectivity index (χ0v) is 11.0. The molecule has 0 aliphatic rings. The van der Waals surface area contributed by atoms with E-state index in [9.17, 15) is 0 Å². The fourth-order valence-electron chi connectivity index (χ4n) is 1.52. The third-order valence-corrected chi connectivity index (χ3v) is 2.23. The van der Waals surface area contributed by atoms with Crippen LogP contribution in [-0.4, -0.2) is 30.2 Å². The molecular weight excluding hydrogens is 218 g/mol. The van der Waals surface area contributed by atoms with Crippen molar-refractivity contribution in [2.24, 2.45) is 0 Å². The van der Waals surface area contributed by atoms with Crippen LogP contribution < -0.4 is 5.32 Å². The summed E-state index contributed by atoms with van der Waals surface area (Å²) in [5, 5.41) is 3.18. The Morgan fingerprint density at radius 2 is 2.12 bits per heavy atom. The van der Waals surface area contributed by atoms with E-state index in [1.165, 1.54) is 0 Å². The molecule has 5 heteroatoms. The lowest BCUT2D eigenvalue weighted by molar-refractivity contribution is 0.0695. The molecule has 5 nitrogen and oxygen atoms in total. The van der Waals surface area contributed by atoms with Gasteiger partial charge in [0.05, 0.1) is 12.3 Å². The molecule has 0 spiro atoms. The Balaban J connectivity index is 2.93. The molecule has 1 heterocycles. The predicted octanol–water partition coefficient (Wildman–Crippen LogP) is 2.15. The molecule has 0 bridgehead atoms. The van der Waals surface area contributed by atoms with E-state index < -0.39 is 0 Å². The van der Waals surface area contributed by atoms with Crippen LogP contribution in [-0.2, 0) is 16.1 Å². The van der Waals surface area contributed by atoms with Gasteiger partial charge in [-0.05, 0) is 20.8 Å². The minimum absolute atomic E-state index is 0.103. The average Bonchev–Trinajstić information content (AvgIpc) is 2.30. The van der Waals surface area contributed by atoms with Crippen LogP contribution in [0.5, 0.6) is 0 Å². The summed E-state index contributed by atoms with van der Waals surface area (Å²) in [4.78, 5) is 8.84. The first-order valence-corrected chi connectivity index (χ1v) is 5.93. The van der Waals surface area contributed by atoms with Gasteiger partial charge in [0.2, 0.25) is 0 Å². The molecule has 1 aromatic heterocycles. The lowest BCUT2D eigenvalue weighted by Gasteiger charge is -2.13. The zero-order valence-electron chi connectivity index (χ0n) is 11.0. The van der Waals surface area contributed by atoms with Crippen LogP contribution in [0.3, 0.4) is 0 Å². The van der Waals surface area contributed by atoms with Crippen molar-refractivity contribution in [3.05, 3.63) is 17.6 Å². The van der Waals surface area contributed by atoms with Crippen LogP contribution >= 0.6 is 0 Å². The maximum absolute atomic E-state index is 5.50. The van der Waals surface area contributed by atoms with Gasteiger partial charge < -0.3 is 14.8 Å². The Labute approximate surface area is 103 Å². The Morgan fingerprint density at radius 3 is 2.71 bits per heavy atom. The van der Waals surface area contributed by atoms with Crippen molar-refractivity contribution in [3.63, 3.8) is 0 Å². The number of hydrogen-bond donors (Lipinski definition) is 1. The predicted molar refractivity (Wildman–Crippen MR) is 66.9 cm³/mol. The van der Waals surface area contributed by atoms with Crippen molar-refractivity contribution < 1.29 is 9.47 Å². The molecular formula is C12H21N3O2. The highest BCUT2D eigenvalue weighted by atomic mass is 16.5. The van der Waals surface area contributed by atoms with E-state index in [0.717, 1.165) is 18.1 Å². The largest absolute Gasteiger partial charge is 0.378 e. The van der Waals surface area contributed by atoms with E-state index in [-0.39, 0.29) is 6.10 Å². The summed E-state index contributed by atoms with van der Waals surface area (Å²) in [6, 6.07) is 1.90. The van der Waals surface area contributed by atoms with Gasteiger partial charge in [-0.25, -0.2) is 9.97 Å². The molecule has 0 amide bonds. The van der Waals surface area contributed by atoms with Crippen LogP contribution in [0.2, 0.25) is 0 Å². The van der Waals surface area contributed by atoms with Crippen LogP contribution in [0, 0.1) is 0 Å². The molecule has 1 rings (SSSR count). The number of hydrogen-bond acceptors (Lipinski definition) is 5. The van der Waals surface area contributed by atoms with E-state index >= 15 is 0 Å². The molecule has 0 aliphatic heterocycles. The summed E-state index contributed by atoms with van der Waals surface area (Å²) in [5.74, 6) is 1.51. The Kier molecular flexibility index (Phi) is 5.86. The third-order valence-electron chi connectivity index (χ3n) is 2.23. The minimum Gasteiger partial charge on any atom is -0.378 e. The van der Waals surface area contributed by atoms with Crippen molar-refractivity contribution >= 4 is 5.82 Å². The van der Waals surface area contributed by atoms with Gasteiger partial charge in [0.15, 0.2) is 5.82 Å². The van der Waals surface area contributed by atoms with E-state index in [1.54, 1.807) is 7.11 Å². The molecule has 1 N–H and O–H groups in total. The highest BCUT2D eigenvalue weighted by Gasteiger charge is 2.11. The number of methoxy groups -OCH3 is 1. The highest BCUT2D eigenvalue weighted by Crippen LogP contribution is 2.16. The lowest BCUT2D eigenvalue weighted by atomic mass is 10.3. The molecule has 17 heavy (non-hydrogen) atoms. The molecule has 0 radical (unpaired) electrons. The van der Waals surface area contributed by atoms with Crippen molar-refractivity contribution in [1.82, 2.24) is 9.97 Å². The van der Waals surface area contributed by atoms with Crippen LogP contribution in [0.1, 0.15) is 38.4 Å². The van der Waals surface area contributed by atoms with Crippen LogP contribution in [0.25, 0.3) is 0 Å². The van der Waals surface area contributed by atoms with Crippen molar-refractivity contribution in [3.8, 4) is 0 Å². The van der Waals surface area contributed by atoms with Gasteiger partial charge in [-0.3, -0.25) is 0 Å². The summed E-state index contributed by atoms with van der Waals surface area (Å²) in [6.07, 6.45) is -0.103. The fourth-order valence-corrected chi connectivity index (χ4v) is 1.52. The van der Waals surface area contributed by atoms with E-state index in [1.807, 2.05) is 26.8 Å². The first-order valence-electron chi connectivity index (χ1n) is 5.93. The van der Waals surface area contributed by atoms with E-state index in [2.05, 4.69) is 15.3 Å². The van der Waals surface area contributed by atoms with Gasteiger partial charge in [0, 0.05) is 26.3 Å². The molecule has 0 fully saturated rings. The molecule has 1 aromatic rings. The smallest absolute Gasteiger partial charge is 0.159 e. The van der Waals surface area contributed by atoms with Crippen molar-refractivity contribution in [2.45, 2.75) is 33.5 Å². The standard InChI is InChI=1S/C12H21N3O2/c1-5-13-11-7-10(8-16-4)14-12(15-11)9(3)17-6-2/h7,9H,5-6,8H2,1-4H3,(H,13,14,15).